The molecule has 29 heavy (non-hydrogen) atoms. The maximum atomic E-state index is 14.9. The highest BCUT2D eigenvalue weighted by Gasteiger charge is 2.51. The fourth-order valence-corrected chi connectivity index (χ4v) is 5.22. The standard InChI is InChI=1S/C22H23FN4OS/c1-2-10-27-12-16-13-29-21(25-20(28)15-6-4-3-5-7-15)26-22(16,14-27)18-11-17(24)8-9-19(18)23/h2-9,11,16H,1,10,12-14,24H2,(H,25,26,28). The van der Waals surface area contributed by atoms with E-state index in [2.05, 4.69) is 16.8 Å². The van der Waals surface area contributed by atoms with Crippen molar-refractivity contribution in [2.45, 2.75) is 5.54 Å². The van der Waals surface area contributed by atoms with Crippen LogP contribution in [0.2, 0.25) is 0 Å². The molecule has 2 aliphatic rings. The lowest BCUT2D eigenvalue weighted by Crippen LogP contribution is -2.43. The average Bonchev–Trinajstić information content (AvgIpc) is 3.09. The van der Waals surface area contributed by atoms with Gasteiger partial charge < -0.3 is 11.1 Å². The van der Waals surface area contributed by atoms with Gasteiger partial charge in [-0.1, -0.05) is 36.0 Å². The van der Waals surface area contributed by atoms with Crippen LogP contribution in [0.3, 0.4) is 0 Å². The molecule has 2 aliphatic heterocycles. The number of aliphatic imine (C=N–C) groups is 1. The van der Waals surface area contributed by atoms with Crippen molar-refractivity contribution in [2.24, 2.45) is 10.9 Å². The summed E-state index contributed by atoms with van der Waals surface area (Å²) in [5.74, 6) is 0.296. The molecule has 0 spiro atoms. The van der Waals surface area contributed by atoms with Gasteiger partial charge in [-0.2, -0.15) is 0 Å². The van der Waals surface area contributed by atoms with Crippen LogP contribution in [0, 0.1) is 11.7 Å². The number of benzene rings is 2. The Morgan fingerprint density at radius 2 is 2.17 bits per heavy atom. The number of rotatable bonds is 4. The van der Waals surface area contributed by atoms with Crippen LogP contribution >= 0.6 is 11.8 Å². The van der Waals surface area contributed by atoms with E-state index in [1.807, 2.05) is 24.3 Å². The van der Waals surface area contributed by atoms with E-state index in [4.69, 9.17) is 10.7 Å². The SMILES string of the molecule is C=CCN1CC2CSC(NC(=O)c3ccccc3)=NC2(c2cc(N)ccc2F)C1. The van der Waals surface area contributed by atoms with Crippen LogP contribution in [0.5, 0.6) is 0 Å². The van der Waals surface area contributed by atoms with E-state index in [9.17, 15) is 9.18 Å². The third-order valence-electron chi connectivity index (χ3n) is 5.44. The topological polar surface area (TPSA) is 70.7 Å². The van der Waals surface area contributed by atoms with Crippen molar-refractivity contribution in [3.63, 3.8) is 0 Å². The molecule has 2 aromatic rings. The molecule has 0 aromatic heterocycles. The van der Waals surface area contributed by atoms with Gasteiger partial charge in [-0.3, -0.25) is 9.69 Å². The van der Waals surface area contributed by atoms with E-state index in [1.54, 1.807) is 24.3 Å². The number of nitrogens with two attached hydrogens (primary N) is 1. The molecule has 0 bridgehead atoms. The van der Waals surface area contributed by atoms with Crippen LogP contribution in [0.4, 0.5) is 10.1 Å². The highest BCUT2D eigenvalue weighted by molar-refractivity contribution is 8.13. The zero-order chi connectivity index (χ0) is 20.4. The number of amidine groups is 1. The molecule has 150 valence electrons. The Balaban J connectivity index is 1.72. The number of thioether (sulfide) groups is 1. The maximum absolute atomic E-state index is 14.9. The lowest BCUT2D eigenvalue weighted by atomic mass is 9.81. The van der Waals surface area contributed by atoms with Crippen LogP contribution in [0.25, 0.3) is 0 Å². The van der Waals surface area contributed by atoms with E-state index < -0.39 is 5.54 Å². The summed E-state index contributed by atoms with van der Waals surface area (Å²) in [5, 5.41) is 3.42. The van der Waals surface area contributed by atoms with Crippen molar-refractivity contribution in [1.29, 1.82) is 0 Å². The Bertz CT molecular complexity index is 965. The van der Waals surface area contributed by atoms with Crippen molar-refractivity contribution in [3.8, 4) is 0 Å². The average molecular weight is 411 g/mol. The Hall–Kier alpha value is -2.64. The number of hydrogen-bond donors (Lipinski definition) is 2. The first kappa shape index (κ1) is 19.7. The van der Waals surface area contributed by atoms with Gasteiger partial charge in [-0.25, -0.2) is 9.38 Å². The van der Waals surface area contributed by atoms with Crippen molar-refractivity contribution in [3.05, 3.63) is 78.1 Å². The first-order valence-corrected chi connectivity index (χ1v) is 10.5. The van der Waals surface area contributed by atoms with Crippen LogP contribution in [0.15, 0.2) is 66.2 Å². The van der Waals surface area contributed by atoms with Crippen molar-refractivity contribution in [2.75, 3.05) is 31.1 Å². The first-order chi connectivity index (χ1) is 14.0. The summed E-state index contributed by atoms with van der Waals surface area (Å²) in [4.78, 5) is 19.7. The molecule has 2 unspecified atom stereocenters. The molecule has 0 radical (unpaired) electrons. The minimum atomic E-state index is -0.785. The maximum Gasteiger partial charge on any atom is 0.257 e. The fourth-order valence-electron chi connectivity index (χ4n) is 4.09. The number of anilines is 1. The van der Waals surface area contributed by atoms with Crippen molar-refractivity contribution < 1.29 is 9.18 Å². The summed E-state index contributed by atoms with van der Waals surface area (Å²) < 4.78 is 14.9. The van der Waals surface area contributed by atoms with E-state index in [-0.39, 0.29) is 17.6 Å². The molecule has 1 amide bonds. The quantitative estimate of drug-likeness (QED) is 0.600. The predicted molar refractivity (Wildman–Crippen MR) is 116 cm³/mol. The summed E-state index contributed by atoms with van der Waals surface area (Å²) in [6.45, 7) is 5.86. The van der Waals surface area contributed by atoms with Gasteiger partial charge in [0.05, 0.1) is 0 Å². The third-order valence-corrected chi connectivity index (χ3v) is 6.48. The fraction of sp³-hybridized carbons (Fsp3) is 0.273. The number of likely N-dealkylation sites (tertiary alicyclic amines) is 1. The molecule has 7 heteroatoms. The Morgan fingerprint density at radius 1 is 1.38 bits per heavy atom. The van der Waals surface area contributed by atoms with E-state index in [1.165, 1.54) is 17.8 Å². The first-order valence-electron chi connectivity index (χ1n) is 9.49. The zero-order valence-corrected chi connectivity index (χ0v) is 16.8. The Labute approximate surface area is 173 Å². The molecule has 2 aromatic carbocycles. The molecular formula is C22H23FN4OS. The molecule has 3 N–H and O–H groups in total. The summed E-state index contributed by atoms with van der Waals surface area (Å²) >= 11 is 1.50. The lowest BCUT2D eigenvalue weighted by molar-refractivity contribution is 0.0977. The molecule has 2 heterocycles. The molecule has 0 aliphatic carbocycles. The van der Waals surface area contributed by atoms with Crippen LogP contribution < -0.4 is 11.1 Å². The normalized spacial score (nSPS) is 23.9. The monoisotopic (exact) mass is 410 g/mol. The predicted octanol–water partition coefficient (Wildman–Crippen LogP) is 3.25. The number of nitrogens with one attached hydrogen (secondary N) is 1. The summed E-state index contributed by atoms with van der Waals surface area (Å²) in [5.41, 5.74) is 6.74. The van der Waals surface area contributed by atoms with Gasteiger partial charge in [0.15, 0.2) is 5.17 Å². The van der Waals surface area contributed by atoms with Gasteiger partial charge in [0.1, 0.15) is 11.4 Å². The molecule has 1 saturated heterocycles. The number of carbonyl (C=O) groups is 1. The second kappa shape index (κ2) is 8.00. The van der Waals surface area contributed by atoms with Crippen LogP contribution in [-0.4, -0.2) is 41.4 Å². The zero-order valence-electron chi connectivity index (χ0n) is 16.0. The molecule has 4 rings (SSSR count). The number of amides is 1. The van der Waals surface area contributed by atoms with Gasteiger partial charge in [-0.05, 0) is 30.3 Å². The molecule has 0 saturated carbocycles. The number of carbonyl (C=O) groups excluding carboxylic acids is 1. The van der Waals surface area contributed by atoms with Gasteiger partial charge in [-0.15, -0.1) is 6.58 Å². The van der Waals surface area contributed by atoms with Gasteiger partial charge in [0.2, 0.25) is 0 Å². The Kier molecular flexibility index (Phi) is 5.43. The third kappa shape index (κ3) is 3.80. The smallest absolute Gasteiger partial charge is 0.257 e. The molecule has 5 nitrogen and oxygen atoms in total. The van der Waals surface area contributed by atoms with E-state index >= 15 is 0 Å². The highest BCUT2D eigenvalue weighted by atomic mass is 32.2. The molecular weight excluding hydrogens is 387 g/mol. The highest BCUT2D eigenvalue weighted by Crippen LogP contribution is 2.46. The number of hydrogen-bond acceptors (Lipinski definition) is 5. The van der Waals surface area contributed by atoms with Crippen LogP contribution in [-0.2, 0) is 5.54 Å². The number of fused-ring (bicyclic) bond motifs is 1. The number of halogens is 1. The Morgan fingerprint density at radius 3 is 2.93 bits per heavy atom. The molecule has 2 atom stereocenters. The minimum Gasteiger partial charge on any atom is -0.399 e. The van der Waals surface area contributed by atoms with Crippen molar-refractivity contribution >= 4 is 28.5 Å². The number of nitrogen functional groups attached to an aromatic ring is 1. The largest absolute Gasteiger partial charge is 0.399 e. The number of nitrogens with zero attached hydrogens (tertiary/aromatic N) is 2. The van der Waals surface area contributed by atoms with Gasteiger partial charge in [0.25, 0.3) is 5.91 Å². The summed E-state index contributed by atoms with van der Waals surface area (Å²) in [6, 6.07) is 13.6. The van der Waals surface area contributed by atoms with Crippen LogP contribution in [0.1, 0.15) is 15.9 Å². The minimum absolute atomic E-state index is 0.112. The summed E-state index contributed by atoms with van der Waals surface area (Å²) in [7, 11) is 0. The lowest BCUT2D eigenvalue weighted by Gasteiger charge is -2.36. The summed E-state index contributed by atoms with van der Waals surface area (Å²) in [6.07, 6.45) is 1.84. The second-order valence-corrected chi connectivity index (χ2v) is 8.40. The van der Waals surface area contributed by atoms with E-state index in [0.717, 1.165) is 12.3 Å². The van der Waals surface area contributed by atoms with E-state index in [0.29, 0.717) is 35.1 Å². The van der Waals surface area contributed by atoms with Crippen molar-refractivity contribution in [1.82, 2.24) is 10.2 Å². The second-order valence-electron chi connectivity index (χ2n) is 7.39. The van der Waals surface area contributed by atoms with Gasteiger partial charge in [0, 0.05) is 48.1 Å². The van der Waals surface area contributed by atoms with Gasteiger partial charge >= 0.3 is 0 Å². The molecule has 1 fully saturated rings.